The zero-order chi connectivity index (χ0) is 21.6. The van der Waals surface area contributed by atoms with Gasteiger partial charge in [-0.2, -0.15) is 0 Å². The molecule has 1 saturated heterocycles. The highest BCUT2D eigenvalue weighted by atomic mass is 16.6. The summed E-state index contributed by atoms with van der Waals surface area (Å²) in [5.41, 5.74) is 0.998. The number of nitro groups is 1. The standard InChI is InChI=1S/C13H9NO3.C6H12O6/c15-13(10-4-2-1-3-5-10)11-6-8-12(9-7-11)14(16)17;7-1-2-3(8)4(9)5(10)6(11)12-2/h1-9H;2-11H,1H2/t;2-,3-,4+,5-,6-/m.1/s1. The van der Waals surface area contributed by atoms with Crippen LogP contribution in [0.5, 0.6) is 0 Å². The van der Waals surface area contributed by atoms with Crippen molar-refractivity contribution >= 4 is 11.5 Å². The number of carbonyl (C=O) groups excluding carboxylic acids is 1. The normalized spacial score (nSPS) is 26.2. The minimum atomic E-state index is -1.57. The van der Waals surface area contributed by atoms with Gasteiger partial charge in [0.2, 0.25) is 0 Å². The second kappa shape index (κ2) is 10.2. The largest absolute Gasteiger partial charge is 0.394 e. The fraction of sp³-hybridized carbons (Fsp3) is 0.316. The molecule has 2 aromatic rings. The van der Waals surface area contributed by atoms with Crippen LogP contribution in [0.1, 0.15) is 15.9 Å². The molecule has 3 rings (SSSR count). The summed E-state index contributed by atoms with van der Waals surface area (Å²) in [6.45, 7) is -0.526. The number of aliphatic hydroxyl groups excluding tert-OH is 5. The number of hydrogen-bond acceptors (Lipinski definition) is 9. The van der Waals surface area contributed by atoms with Gasteiger partial charge in [-0.15, -0.1) is 0 Å². The molecule has 156 valence electrons. The third-order valence-electron chi connectivity index (χ3n) is 4.24. The van der Waals surface area contributed by atoms with Crippen LogP contribution < -0.4 is 0 Å². The van der Waals surface area contributed by atoms with Crippen LogP contribution in [-0.4, -0.2) is 73.6 Å². The van der Waals surface area contributed by atoms with E-state index in [0.29, 0.717) is 11.1 Å². The SMILES string of the molecule is O=C(c1ccccc1)c1ccc([N+](=O)[O-])cc1.OC[C@H]1O[C@@H](O)[C@H](O)[C@@H](O)[C@@H]1O. The predicted octanol–water partition coefficient (Wildman–Crippen LogP) is -0.396. The molecule has 0 unspecified atom stereocenters. The van der Waals surface area contributed by atoms with Crippen molar-refractivity contribution in [2.75, 3.05) is 6.61 Å². The first-order valence-electron chi connectivity index (χ1n) is 8.59. The molecule has 1 aliphatic rings. The molecule has 0 aromatic heterocycles. The van der Waals surface area contributed by atoms with Gasteiger partial charge in [-0.05, 0) is 12.1 Å². The first-order chi connectivity index (χ1) is 13.8. The zero-order valence-electron chi connectivity index (χ0n) is 15.1. The number of nitrogens with zero attached hydrogens (tertiary/aromatic N) is 1. The summed E-state index contributed by atoms with van der Waals surface area (Å²) in [4.78, 5) is 21.9. The Bertz CT molecular complexity index is 807. The van der Waals surface area contributed by atoms with E-state index in [1.54, 1.807) is 24.3 Å². The summed E-state index contributed by atoms with van der Waals surface area (Å²) in [7, 11) is 0. The molecular formula is C19H21NO9. The van der Waals surface area contributed by atoms with Gasteiger partial charge in [0.15, 0.2) is 12.1 Å². The van der Waals surface area contributed by atoms with Crippen LogP contribution in [0.4, 0.5) is 5.69 Å². The molecule has 29 heavy (non-hydrogen) atoms. The van der Waals surface area contributed by atoms with Crippen LogP contribution >= 0.6 is 0 Å². The third-order valence-corrected chi connectivity index (χ3v) is 4.24. The highest BCUT2D eigenvalue weighted by Gasteiger charge is 2.42. The topological polar surface area (TPSA) is 171 Å². The molecule has 0 spiro atoms. The van der Waals surface area contributed by atoms with Gasteiger partial charge in [0, 0.05) is 23.3 Å². The second-order valence-corrected chi connectivity index (χ2v) is 6.22. The van der Waals surface area contributed by atoms with Crippen molar-refractivity contribution in [3.05, 3.63) is 75.8 Å². The maximum atomic E-state index is 12.0. The molecule has 1 aliphatic heterocycles. The summed E-state index contributed by atoms with van der Waals surface area (Å²) < 4.78 is 4.58. The quantitative estimate of drug-likeness (QED) is 0.257. The van der Waals surface area contributed by atoms with Gasteiger partial charge in [-0.3, -0.25) is 14.9 Å². The Morgan fingerprint density at radius 1 is 0.897 bits per heavy atom. The van der Waals surface area contributed by atoms with Crippen molar-refractivity contribution in [2.24, 2.45) is 0 Å². The maximum absolute atomic E-state index is 12.0. The molecule has 10 nitrogen and oxygen atoms in total. The number of rotatable bonds is 4. The maximum Gasteiger partial charge on any atom is 0.269 e. The lowest BCUT2D eigenvalue weighted by atomic mass is 10.00. The summed E-state index contributed by atoms with van der Waals surface area (Å²) in [6.07, 6.45) is -7.04. The number of nitro benzene ring substituents is 1. The van der Waals surface area contributed by atoms with E-state index in [-0.39, 0.29) is 11.5 Å². The van der Waals surface area contributed by atoms with E-state index >= 15 is 0 Å². The Morgan fingerprint density at radius 3 is 1.97 bits per heavy atom. The summed E-state index contributed by atoms with van der Waals surface area (Å²) in [5.74, 6) is -0.138. The Hall–Kier alpha value is -2.73. The number of ether oxygens (including phenoxy) is 1. The fourth-order valence-electron chi connectivity index (χ4n) is 2.57. The van der Waals surface area contributed by atoms with Crippen LogP contribution in [0, 0.1) is 10.1 Å². The van der Waals surface area contributed by atoms with E-state index < -0.39 is 42.2 Å². The van der Waals surface area contributed by atoms with E-state index in [1.165, 1.54) is 24.3 Å². The van der Waals surface area contributed by atoms with E-state index in [9.17, 15) is 14.9 Å². The Labute approximate surface area is 165 Å². The van der Waals surface area contributed by atoms with Gasteiger partial charge < -0.3 is 30.3 Å². The average molecular weight is 407 g/mol. The summed E-state index contributed by atoms with van der Waals surface area (Å²) >= 11 is 0. The van der Waals surface area contributed by atoms with Crippen molar-refractivity contribution in [3.8, 4) is 0 Å². The van der Waals surface area contributed by atoms with Gasteiger partial charge in [0.1, 0.15) is 24.4 Å². The number of hydrogen-bond donors (Lipinski definition) is 5. The highest BCUT2D eigenvalue weighted by Crippen LogP contribution is 2.19. The van der Waals surface area contributed by atoms with Crippen molar-refractivity contribution in [1.29, 1.82) is 0 Å². The minimum absolute atomic E-state index is 0.0189. The zero-order valence-corrected chi connectivity index (χ0v) is 15.1. The molecule has 5 atom stereocenters. The lowest BCUT2D eigenvalue weighted by molar-refractivity contribution is -0.384. The number of aliphatic hydroxyl groups is 5. The van der Waals surface area contributed by atoms with E-state index in [4.69, 9.17) is 25.5 Å². The molecule has 1 fully saturated rings. The molecule has 5 N–H and O–H groups in total. The number of benzene rings is 2. The van der Waals surface area contributed by atoms with Gasteiger partial charge >= 0.3 is 0 Å². The fourth-order valence-corrected chi connectivity index (χ4v) is 2.57. The molecule has 10 heteroatoms. The lowest BCUT2D eigenvalue weighted by Gasteiger charge is -2.37. The van der Waals surface area contributed by atoms with E-state index in [2.05, 4.69) is 4.74 Å². The van der Waals surface area contributed by atoms with Crippen molar-refractivity contribution in [1.82, 2.24) is 0 Å². The molecule has 0 amide bonds. The van der Waals surface area contributed by atoms with E-state index in [0.717, 1.165) is 0 Å². The molecule has 0 radical (unpaired) electrons. The van der Waals surface area contributed by atoms with Crippen molar-refractivity contribution in [2.45, 2.75) is 30.7 Å². The van der Waals surface area contributed by atoms with Crippen LogP contribution in [0.25, 0.3) is 0 Å². The number of non-ortho nitro benzene ring substituents is 1. The smallest absolute Gasteiger partial charge is 0.269 e. The Balaban J connectivity index is 0.000000221. The molecule has 2 aromatic carbocycles. The van der Waals surface area contributed by atoms with Crippen LogP contribution in [0.2, 0.25) is 0 Å². The first kappa shape index (κ1) is 22.6. The average Bonchev–Trinajstić information content (AvgIpc) is 2.75. The van der Waals surface area contributed by atoms with Crippen molar-refractivity contribution < 1.29 is 40.0 Å². The highest BCUT2D eigenvalue weighted by molar-refractivity contribution is 6.09. The minimum Gasteiger partial charge on any atom is -0.394 e. The predicted molar refractivity (Wildman–Crippen MR) is 99.0 cm³/mol. The van der Waals surface area contributed by atoms with Gasteiger partial charge in [-0.25, -0.2) is 0 Å². The van der Waals surface area contributed by atoms with Crippen LogP contribution in [0.15, 0.2) is 54.6 Å². The van der Waals surface area contributed by atoms with Crippen molar-refractivity contribution in [3.63, 3.8) is 0 Å². The second-order valence-electron chi connectivity index (χ2n) is 6.22. The van der Waals surface area contributed by atoms with Gasteiger partial charge in [-0.1, -0.05) is 30.3 Å². The summed E-state index contributed by atoms with van der Waals surface area (Å²) in [6, 6.07) is 14.4. The Morgan fingerprint density at radius 2 is 1.45 bits per heavy atom. The monoisotopic (exact) mass is 407 g/mol. The number of ketones is 1. The molecular weight excluding hydrogens is 386 g/mol. The lowest BCUT2D eigenvalue weighted by Crippen LogP contribution is -2.58. The molecule has 0 saturated carbocycles. The van der Waals surface area contributed by atoms with E-state index in [1.807, 2.05) is 6.07 Å². The van der Waals surface area contributed by atoms with Gasteiger partial charge in [0.25, 0.3) is 5.69 Å². The Kier molecular flexibility index (Phi) is 7.91. The molecule has 1 heterocycles. The van der Waals surface area contributed by atoms with Crippen LogP contribution in [-0.2, 0) is 4.74 Å². The molecule has 0 bridgehead atoms. The first-order valence-corrected chi connectivity index (χ1v) is 8.59. The van der Waals surface area contributed by atoms with Gasteiger partial charge in [0.05, 0.1) is 11.5 Å². The third kappa shape index (κ3) is 5.64. The van der Waals surface area contributed by atoms with Crippen LogP contribution in [0.3, 0.4) is 0 Å². The molecule has 0 aliphatic carbocycles. The summed E-state index contributed by atoms with van der Waals surface area (Å²) in [5, 5.41) is 55.1. The number of carbonyl (C=O) groups is 1.